The van der Waals surface area contributed by atoms with Crippen LogP contribution in [-0.4, -0.2) is 68.3 Å². The van der Waals surface area contributed by atoms with Gasteiger partial charge in [-0.05, 0) is 17.7 Å². The van der Waals surface area contributed by atoms with E-state index in [0.29, 0.717) is 6.54 Å². The number of hydrogen-bond acceptors (Lipinski definition) is 7. The predicted molar refractivity (Wildman–Crippen MR) is 101 cm³/mol. The van der Waals surface area contributed by atoms with Crippen LogP contribution in [0.1, 0.15) is 18.0 Å². The van der Waals surface area contributed by atoms with Gasteiger partial charge in [-0.25, -0.2) is 9.59 Å². The molecular formula is C18H24N2O6S. The normalized spacial score (nSPS) is 17.6. The number of urea groups is 1. The standard InChI is InChI=1S/C18H24N2O6S/c1-24-13-6-4-12(5-7-13)15-11-27-9-8-20(15)18(23)19-14(17(22)26-3)10-16(21)25-2/h4-7,14-15H,8-11H2,1-3H3,(H,19,23)/t14-,15+/m0/s1. The van der Waals surface area contributed by atoms with Gasteiger partial charge in [0.2, 0.25) is 0 Å². The van der Waals surface area contributed by atoms with Gasteiger partial charge >= 0.3 is 18.0 Å². The first-order valence-electron chi connectivity index (χ1n) is 8.43. The van der Waals surface area contributed by atoms with Crippen LogP contribution < -0.4 is 10.1 Å². The summed E-state index contributed by atoms with van der Waals surface area (Å²) in [5, 5.41) is 2.60. The molecule has 2 atom stereocenters. The summed E-state index contributed by atoms with van der Waals surface area (Å²) in [7, 11) is 4.02. The van der Waals surface area contributed by atoms with Crippen LogP contribution in [0.5, 0.6) is 5.75 Å². The number of thioether (sulfide) groups is 1. The van der Waals surface area contributed by atoms with Crippen molar-refractivity contribution in [3.05, 3.63) is 29.8 Å². The zero-order valence-corrected chi connectivity index (χ0v) is 16.4. The minimum Gasteiger partial charge on any atom is -0.497 e. The first-order valence-corrected chi connectivity index (χ1v) is 9.59. The molecule has 0 aromatic heterocycles. The van der Waals surface area contributed by atoms with E-state index in [2.05, 4.69) is 14.8 Å². The van der Waals surface area contributed by atoms with Crippen LogP contribution in [0.4, 0.5) is 4.79 Å². The highest BCUT2D eigenvalue weighted by atomic mass is 32.2. The number of methoxy groups -OCH3 is 3. The van der Waals surface area contributed by atoms with E-state index in [0.717, 1.165) is 22.8 Å². The molecule has 2 rings (SSSR count). The number of rotatable bonds is 6. The Bertz CT molecular complexity index is 666. The lowest BCUT2D eigenvalue weighted by Crippen LogP contribution is -2.52. The van der Waals surface area contributed by atoms with Crippen molar-refractivity contribution in [2.75, 3.05) is 39.4 Å². The number of amides is 2. The van der Waals surface area contributed by atoms with E-state index in [4.69, 9.17) is 4.74 Å². The number of hydrogen-bond donors (Lipinski definition) is 1. The van der Waals surface area contributed by atoms with E-state index >= 15 is 0 Å². The summed E-state index contributed by atoms with van der Waals surface area (Å²) in [6.45, 7) is 0.527. The fourth-order valence-corrected chi connectivity index (χ4v) is 3.85. The van der Waals surface area contributed by atoms with Gasteiger partial charge in [-0.2, -0.15) is 11.8 Å². The largest absolute Gasteiger partial charge is 0.497 e. The van der Waals surface area contributed by atoms with Gasteiger partial charge in [-0.3, -0.25) is 4.79 Å². The minimum atomic E-state index is -1.10. The van der Waals surface area contributed by atoms with Gasteiger partial charge in [0.05, 0.1) is 33.8 Å². The van der Waals surface area contributed by atoms with Crippen LogP contribution in [0, 0.1) is 0 Å². The van der Waals surface area contributed by atoms with E-state index in [1.807, 2.05) is 24.3 Å². The third-order valence-electron chi connectivity index (χ3n) is 4.27. The lowest BCUT2D eigenvalue weighted by atomic mass is 10.1. The van der Waals surface area contributed by atoms with Gasteiger partial charge < -0.3 is 24.4 Å². The van der Waals surface area contributed by atoms with Crippen LogP contribution in [0.15, 0.2) is 24.3 Å². The third kappa shape index (κ3) is 5.53. The molecule has 0 bridgehead atoms. The Morgan fingerprint density at radius 3 is 2.48 bits per heavy atom. The molecule has 1 fully saturated rings. The maximum Gasteiger partial charge on any atom is 0.329 e. The monoisotopic (exact) mass is 396 g/mol. The molecule has 1 N–H and O–H groups in total. The van der Waals surface area contributed by atoms with Crippen molar-refractivity contribution < 1.29 is 28.6 Å². The van der Waals surface area contributed by atoms with Crippen molar-refractivity contribution in [3.8, 4) is 5.75 Å². The molecule has 0 aliphatic carbocycles. The molecule has 0 radical (unpaired) electrons. The number of carbonyl (C=O) groups is 3. The van der Waals surface area contributed by atoms with Gasteiger partial charge in [-0.15, -0.1) is 0 Å². The smallest absolute Gasteiger partial charge is 0.329 e. The average molecular weight is 396 g/mol. The second-order valence-corrected chi connectivity index (χ2v) is 7.01. The van der Waals surface area contributed by atoms with Crippen LogP contribution in [0.3, 0.4) is 0 Å². The van der Waals surface area contributed by atoms with Gasteiger partial charge in [0.25, 0.3) is 0 Å². The van der Waals surface area contributed by atoms with Gasteiger partial charge in [0, 0.05) is 18.1 Å². The topological polar surface area (TPSA) is 94.2 Å². The maximum atomic E-state index is 12.8. The molecule has 1 aromatic rings. The molecule has 1 aliphatic heterocycles. The summed E-state index contributed by atoms with van der Waals surface area (Å²) >= 11 is 1.75. The van der Waals surface area contributed by atoms with Gasteiger partial charge in [0.1, 0.15) is 11.8 Å². The van der Waals surface area contributed by atoms with E-state index in [-0.39, 0.29) is 12.5 Å². The molecule has 2 amide bonds. The molecule has 148 valence electrons. The summed E-state index contributed by atoms with van der Waals surface area (Å²) < 4.78 is 14.4. The third-order valence-corrected chi connectivity index (χ3v) is 5.29. The fourth-order valence-electron chi connectivity index (χ4n) is 2.77. The number of benzene rings is 1. The first-order chi connectivity index (χ1) is 13.0. The van der Waals surface area contributed by atoms with Crippen molar-refractivity contribution in [2.24, 2.45) is 0 Å². The number of esters is 2. The summed E-state index contributed by atoms with van der Waals surface area (Å²) in [5.74, 6) is 0.967. The lowest BCUT2D eigenvalue weighted by molar-refractivity contribution is -0.149. The SMILES string of the molecule is COC(=O)C[C@H](NC(=O)N1CCSC[C@@H]1c1ccc(OC)cc1)C(=O)OC. The van der Waals surface area contributed by atoms with E-state index in [9.17, 15) is 14.4 Å². The lowest BCUT2D eigenvalue weighted by Gasteiger charge is -2.36. The fraction of sp³-hybridized carbons (Fsp3) is 0.500. The first kappa shape index (κ1) is 20.9. The average Bonchev–Trinajstić information content (AvgIpc) is 2.72. The highest BCUT2D eigenvalue weighted by Crippen LogP contribution is 2.30. The zero-order valence-electron chi connectivity index (χ0n) is 15.6. The minimum absolute atomic E-state index is 0.147. The Morgan fingerprint density at radius 1 is 1.19 bits per heavy atom. The molecule has 0 spiro atoms. The Kier molecular flexibility index (Phi) is 7.78. The molecule has 27 heavy (non-hydrogen) atoms. The predicted octanol–water partition coefficient (Wildman–Crippen LogP) is 1.60. The molecule has 1 aromatic carbocycles. The molecule has 1 aliphatic rings. The number of ether oxygens (including phenoxy) is 3. The molecule has 9 heteroatoms. The van der Waals surface area contributed by atoms with Crippen LogP contribution in [0.2, 0.25) is 0 Å². The van der Waals surface area contributed by atoms with Gasteiger partial charge in [0.15, 0.2) is 0 Å². The van der Waals surface area contributed by atoms with E-state index in [1.165, 1.54) is 14.2 Å². The summed E-state index contributed by atoms with van der Waals surface area (Å²) in [4.78, 5) is 38.0. The highest BCUT2D eigenvalue weighted by molar-refractivity contribution is 7.99. The summed E-state index contributed by atoms with van der Waals surface area (Å²) in [6, 6.07) is 5.87. The van der Waals surface area contributed by atoms with Crippen molar-refractivity contribution in [3.63, 3.8) is 0 Å². The number of carbonyl (C=O) groups excluding carboxylic acids is 3. The summed E-state index contributed by atoms with van der Waals surface area (Å²) in [6.07, 6.45) is -0.287. The Hall–Kier alpha value is -2.42. The van der Waals surface area contributed by atoms with E-state index in [1.54, 1.807) is 23.8 Å². The number of nitrogens with zero attached hydrogens (tertiary/aromatic N) is 1. The Morgan fingerprint density at radius 2 is 1.89 bits per heavy atom. The second-order valence-electron chi connectivity index (χ2n) is 5.86. The summed E-state index contributed by atoms with van der Waals surface area (Å²) in [5.41, 5.74) is 0.973. The van der Waals surface area contributed by atoms with Gasteiger partial charge in [-0.1, -0.05) is 12.1 Å². The molecule has 8 nitrogen and oxygen atoms in total. The maximum absolute atomic E-state index is 12.8. The molecule has 1 saturated heterocycles. The Balaban J connectivity index is 2.14. The second kappa shape index (κ2) is 10.1. The molecule has 1 heterocycles. The molecular weight excluding hydrogens is 372 g/mol. The van der Waals surface area contributed by atoms with Crippen LogP contribution in [-0.2, 0) is 19.1 Å². The van der Waals surface area contributed by atoms with Crippen molar-refractivity contribution in [1.82, 2.24) is 10.2 Å². The van der Waals surface area contributed by atoms with Crippen molar-refractivity contribution >= 4 is 29.7 Å². The van der Waals surface area contributed by atoms with E-state index < -0.39 is 24.0 Å². The zero-order chi connectivity index (χ0) is 19.8. The van der Waals surface area contributed by atoms with Crippen molar-refractivity contribution in [1.29, 1.82) is 0 Å². The van der Waals surface area contributed by atoms with Crippen molar-refractivity contribution in [2.45, 2.75) is 18.5 Å². The molecule has 0 saturated carbocycles. The molecule has 0 unspecified atom stereocenters. The van der Waals surface area contributed by atoms with Crippen LogP contribution >= 0.6 is 11.8 Å². The quantitative estimate of drug-likeness (QED) is 0.730. The number of nitrogens with one attached hydrogen (secondary N) is 1. The highest BCUT2D eigenvalue weighted by Gasteiger charge is 2.32. The Labute approximate surface area is 162 Å². The van der Waals surface area contributed by atoms with Crippen LogP contribution in [0.25, 0.3) is 0 Å².